The highest BCUT2D eigenvalue weighted by Gasteiger charge is 2.05. The second-order valence-electron chi connectivity index (χ2n) is 2.57. The van der Waals surface area contributed by atoms with E-state index in [9.17, 15) is 8.42 Å². The molecule has 1 aromatic rings. The van der Waals surface area contributed by atoms with Gasteiger partial charge in [0, 0.05) is 0 Å². The molecule has 0 aliphatic carbocycles. The molecule has 0 saturated carbocycles. The van der Waals surface area contributed by atoms with Crippen LogP contribution in [0, 0.1) is 7.05 Å². The molecule has 0 amide bonds. The molecule has 0 aromatic heterocycles. The van der Waals surface area contributed by atoms with Gasteiger partial charge in [-0.3, -0.25) is 0 Å². The van der Waals surface area contributed by atoms with E-state index in [2.05, 4.69) is 12.4 Å². The van der Waals surface area contributed by atoms with E-state index < -0.39 is 10.0 Å². The molecule has 0 fully saturated rings. The summed E-state index contributed by atoms with van der Waals surface area (Å²) in [6.07, 6.45) is 0. The van der Waals surface area contributed by atoms with Gasteiger partial charge < -0.3 is 5.32 Å². The molecule has 0 unspecified atom stereocenters. The van der Waals surface area contributed by atoms with Crippen molar-refractivity contribution in [2.24, 2.45) is 5.14 Å². The first-order chi connectivity index (χ1) is 6.04. The highest BCUT2D eigenvalue weighted by atomic mass is 32.2. The lowest BCUT2D eigenvalue weighted by atomic mass is 10.2. The van der Waals surface area contributed by atoms with E-state index in [-0.39, 0.29) is 4.90 Å². The number of hydrogen-bond donors (Lipinski definition) is 1. The zero-order valence-electron chi connectivity index (χ0n) is 6.97. The Bertz CT molecular complexity index is 370. The van der Waals surface area contributed by atoms with Gasteiger partial charge in [0.25, 0.3) is 0 Å². The first-order valence-electron chi connectivity index (χ1n) is 3.58. The highest BCUT2D eigenvalue weighted by Crippen LogP contribution is 2.10. The fraction of sp³-hybridized carbons (Fsp3) is 0.125. The molecular formula is C8H10N2O2S. The van der Waals surface area contributed by atoms with Crippen LogP contribution in [0.5, 0.6) is 0 Å². The van der Waals surface area contributed by atoms with E-state index >= 15 is 0 Å². The van der Waals surface area contributed by atoms with E-state index in [0.29, 0.717) is 6.54 Å². The van der Waals surface area contributed by atoms with Crippen LogP contribution >= 0.6 is 0 Å². The van der Waals surface area contributed by atoms with Crippen LogP contribution in [0.15, 0.2) is 29.2 Å². The maximum atomic E-state index is 10.8. The van der Waals surface area contributed by atoms with Gasteiger partial charge in [0.05, 0.1) is 4.90 Å². The topological polar surface area (TPSA) is 74.3 Å². The molecule has 0 saturated heterocycles. The summed E-state index contributed by atoms with van der Waals surface area (Å²) in [6.45, 7) is 0.477. The number of nitrogens with two attached hydrogens (primary N) is 1. The fourth-order valence-electron chi connectivity index (χ4n) is 0.914. The molecule has 0 atom stereocenters. The van der Waals surface area contributed by atoms with Crippen LogP contribution in [0.25, 0.3) is 5.32 Å². The molecule has 5 heteroatoms. The van der Waals surface area contributed by atoms with Gasteiger partial charge in [-0.25, -0.2) is 13.6 Å². The molecule has 70 valence electrons. The number of benzene rings is 1. The molecular weight excluding hydrogens is 188 g/mol. The van der Waals surface area contributed by atoms with Gasteiger partial charge >= 0.3 is 0 Å². The van der Waals surface area contributed by atoms with Crippen LogP contribution < -0.4 is 5.14 Å². The molecule has 0 radical (unpaired) electrons. The van der Waals surface area contributed by atoms with Crippen LogP contribution in [0.4, 0.5) is 0 Å². The summed E-state index contributed by atoms with van der Waals surface area (Å²) in [4.78, 5) is 0.111. The Morgan fingerprint density at radius 1 is 1.31 bits per heavy atom. The van der Waals surface area contributed by atoms with Gasteiger partial charge in [0.15, 0.2) is 0 Å². The molecule has 1 aromatic carbocycles. The maximum absolute atomic E-state index is 10.8. The lowest BCUT2D eigenvalue weighted by Crippen LogP contribution is -2.11. The van der Waals surface area contributed by atoms with Crippen molar-refractivity contribution in [3.8, 4) is 0 Å². The molecule has 0 spiro atoms. The van der Waals surface area contributed by atoms with Crippen LogP contribution in [-0.2, 0) is 16.6 Å². The minimum absolute atomic E-state index is 0.111. The fourth-order valence-corrected chi connectivity index (χ4v) is 1.43. The third-order valence-corrected chi connectivity index (χ3v) is 2.48. The van der Waals surface area contributed by atoms with Gasteiger partial charge in [0.2, 0.25) is 10.0 Å². The Kier molecular flexibility index (Phi) is 2.92. The quantitative estimate of drug-likeness (QED) is 0.736. The minimum Gasteiger partial charge on any atom is -0.454 e. The van der Waals surface area contributed by atoms with E-state index in [1.54, 1.807) is 12.1 Å². The van der Waals surface area contributed by atoms with Crippen molar-refractivity contribution in [1.82, 2.24) is 0 Å². The number of sulfonamides is 1. The molecule has 13 heavy (non-hydrogen) atoms. The Balaban J connectivity index is 2.94. The smallest absolute Gasteiger partial charge is 0.238 e. The average Bonchev–Trinajstić information content (AvgIpc) is 2.04. The number of nitrogens with zero attached hydrogens (tertiary/aromatic N) is 1. The molecule has 0 aliphatic heterocycles. The number of hydrogen-bond acceptors (Lipinski definition) is 2. The minimum atomic E-state index is -3.58. The largest absolute Gasteiger partial charge is 0.454 e. The maximum Gasteiger partial charge on any atom is 0.238 e. The van der Waals surface area contributed by atoms with E-state index in [4.69, 9.17) is 5.14 Å². The number of rotatable bonds is 3. The van der Waals surface area contributed by atoms with Crippen LogP contribution in [0.1, 0.15) is 5.56 Å². The van der Waals surface area contributed by atoms with Gasteiger partial charge in [-0.1, -0.05) is 24.2 Å². The van der Waals surface area contributed by atoms with Crippen molar-refractivity contribution in [1.29, 1.82) is 0 Å². The normalized spacial score (nSPS) is 11.5. The zero-order valence-corrected chi connectivity index (χ0v) is 7.79. The van der Waals surface area contributed by atoms with Crippen LogP contribution in [0.2, 0.25) is 0 Å². The molecule has 0 heterocycles. The Labute approximate surface area is 77.8 Å². The van der Waals surface area contributed by atoms with Crippen molar-refractivity contribution in [2.75, 3.05) is 0 Å². The summed E-state index contributed by atoms with van der Waals surface area (Å²) in [5.74, 6) is 0. The van der Waals surface area contributed by atoms with Crippen molar-refractivity contribution in [2.45, 2.75) is 11.4 Å². The van der Waals surface area contributed by atoms with Crippen LogP contribution in [-0.4, -0.2) is 8.42 Å². The van der Waals surface area contributed by atoms with Crippen molar-refractivity contribution >= 4 is 10.0 Å². The van der Waals surface area contributed by atoms with E-state index in [1.165, 1.54) is 12.1 Å². The van der Waals surface area contributed by atoms with Gasteiger partial charge in [-0.05, 0) is 19.2 Å². The second-order valence-corrected chi connectivity index (χ2v) is 4.13. The predicted octanol–water partition coefficient (Wildman–Crippen LogP) is 0.999. The summed E-state index contributed by atoms with van der Waals surface area (Å²) in [7, 11) is -0.247. The third kappa shape index (κ3) is 2.73. The summed E-state index contributed by atoms with van der Waals surface area (Å²) in [6, 6.07) is 6.23. The first-order valence-corrected chi connectivity index (χ1v) is 5.13. The van der Waals surface area contributed by atoms with Crippen molar-refractivity contribution < 1.29 is 8.42 Å². The first kappa shape index (κ1) is 10.0. The van der Waals surface area contributed by atoms with E-state index in [0.717, 1.165) is 5.56 Å². The summed E-state index contributed by atoms with van der Waals surface area (Å²) >= 11 is 0. The third-order valence-electron chi connectivity index (χ3n) is 1.55. The van der Waals surface area contributed by atoms with E-state index in [1.807, 2.05) is 0 Å². The lowest BCUT2D eigenvalue weighted by molar-refractivity contribution is 0.598. The Morgan fingerprint density at radius 2 is 1.85 bits per heavy atom. The van der Waals surface area contributed by atoms with Crippen molar-refractivity contribution in [3.63, 3.8) is 0 Å². The Hall–Kier alpha value is -1.04. The van der Waals surface area contributed by atoms with Crippen molar-refractivity contribution in [3.05, 3.63) is 42.2 Å². The molecule has 2 N–H and O–H groups in total. The summed E-state index contributed by atoms with van der Waals surface area (Å²) in [5, 5.41) is 8.58. The standard InChI is InChI=1S/C8H10N2O2S/c1-10-6-7-2-4-8(5-3-7)13(9,11)12/h2-5H,1,6H2,(H2,9,11,12). The summed E-state index contributed by atoms with van der Waals surface area (Å²) < 4.78 is 21.7. The van der Waals surface area contributed by atoms with Crippen LogP contribution in [0.3, 0.4) is 0 Å². The second kappa shape index (κ2) is 3.78. The number of primary sulfonamides is 1. The lowest BCUT2D eigenvalue weighted by Gasteiger charge is -2.05. The average molecular weight is 198 g/mol. The molecule has 0 bridgehead atoms. The highest BCUT2D eigenvalue weighted by molar-refractivity contribution is 7.89. The zero-order chi connectivity index (χ0) is 9.90. The molecule has 0 aliphatic rings. The molecule has 1 rings (SSSR count). The van der Waals surface area contributed by atoms with Gasteiger partial charge in [-0.2, -0.15) is 0 Å². The Morgan fingerprint density at radius 3 is 2.23 bits per heavy atom. The molecule has 4 nitrogen and oxygen atoms in total. The summed E-state index contributed by atoms with van der Waals surface area (Å²) in [5.41, 5.74) is 0.905. The van der Waals surface area contributed by atoms with Gasteiger partial charge in [-0.15, -0.1) is 0 Å². The SMILES string of the molecule is [CH2+][N-]Cc1ccc(S(N)(=O)=O)cc1. The monoisotopic (exact) mass is 198 g/mol. The van der Waals surface area contributed by atoms with Gasteiger partial charge in [0.1, 0.15) is 0 Å². The predicted molar refractivity (Wildman–Crippen MR) is 50.2 cm³/mol.